The second kappa shape index (κ2) is 7.20. The van der Waals surface area contributed by atoms with Gasteiger partial charge < -0.3 is 0 Å². The molecule has 0 aromatic carbocycles. The second-order valence-corrected chi connectivity index (χ2v) is 4.72. The lowest BCUT2D eigenvalue weighted by Gasteiger charge is -2.14. The molecule has 0 aromatic rings. The summed E-state index contributed by atoms with van der Waals surface area (Å²) in [5.41, 5.74) is 1.05. The largest absolute Gasteiger partial charge is 0.387 e. The minimum Gasteiger partial charge on any atom is -0.273 e. The molecule has 0 heterocycles. The van der Waals surface area contributed by atoms with Gasteiger partial charge in [-0.1, -0.05) is 17.6 Å². The number of guanidine groups is 1. The molecule has 0 saturated carbocycles. The molecular formula is C13H26N3+. The summed E-state index contributed by atoms with van der Waals surface area (Å²) >= 11 is 0. The van der Waals surface area contributed by atoms with Gasteiger partial charge >= 0.3 is 5.96 Å². The number of rotatable bonds is 4. The van der Waals surface area contributed by atoms with Crippen LogP contribution in [-0.2, 0) is 0 Å². The van der Waals surface area contributed by atoms with Crippen molar-refractivity contribution in [3.63, 3.8) is 0 Å². The molecule has 0 spiro atoms. The normalized spacial score (nSPS) is 12.5. The predicted octanol–water partition coefficient (Wildman–Crippen LogP) is 2.43. The van der Waals surface area contributed by atoms with Gasteiger partial charge in [0.15, 0.2) is 0 Å². The van der Waals surface area contributed by atoms with Crippen molar-refractivity contribution >= 4 is 11.7 Å². The fourth-order valence-corrected chi connectivity index (χ4v) is 1.33. The summed E-state index contributed by atoms with van der Waals surface area (Å²) in [5.74, 6) is 0.935. The zero-order chi connectivity index (χ0) is 12.7. The molecule has 1 N–H and O–H groups in total. The Morgan fingerprint density at radius 1 is 1.31 bits per heavy atom. The third-order valence-electron chi connectivity index (χ3n) is 1.97. The highest BCUT2D eigenvalue weighted by Crippen LogP contribution is 1.94. The van der Waals surface area contributed by atoms with Gasteiger partial charge in [-0.2, -0.15) is 0 Å². The Balaban J connectivity index is 5.25. The van der Waals surface area contributed by atoms with Crippen molar-refractivity contribution in [1.82, 2.24) is 5.32 Å². The van der Waals surface area contributed by atoms with Crippen molar-refractivity contribution in [2.24, 2.45) is 4.99 Å². The molecular weight excluding hydrogens is 198 g/mol. The first-order chi connectivity index (χ1) is 7.38. The maximum atomic E-state index is 4.56. The maximum absolute atomic E-state index is 4.56. The van der Waals surface area contributed by atoms with Crippen LogP contribution in [0.15, 0.2) is 17.6 Å². The van der Waals surface area contributed by atoms with E-state index in [1.165, 1.54) is 0 Å². The molecule has 16 heavy (non-hydrogen) atoms. The molecule has 0 atom stereocenters. The highest BCUT2D eigenvalue weighted by atomic mass is 15.2. The first-order valence-electron chi connectivity index (χ1n) is 5.91. The Bertz CT molecular complexity index is 282. The average Bonchev–Trinajstić information content (AvgIpc) is 2.10. The molecule has 0 radical (unpaired) electrons. The third-order valence-corrected chi connectivity index (χ3v) is 1.97. The standard InChI is InChI=1S/C13H25N3/c1-8-9-16(12(6)7)13(14-10(2)3)15-11(4)5/h8,10,12H,1,9H2,2-7H3/p+1. The van der Waals surface area contributed by atoms with E-state index in [4.69, 9.17) is 0 Å². The summed E-state index contributed by atoms with van der Waals surface area (Å²) < 4.78 is 2.21. The lowest BCUT2D eigenvalue weighted by atomic mass is 10.3. The van der Waals surface area contributed by atoms with Gasteiger partial charge in [-0.25, -0.2) is 0 Å². The van der Waals surface area contributed by atoms with Gasteiger partial charge in [-0.05, 0) is 41.5 Å². The predicted molar refractivity (Wildman–Crippen MR) is 72.5 cm³/mol. The zero-order valence-electron chi connectivity index (χ0n) is 11.5. The van der Waals surface area contributed by atoms with E-state index in [2.05, 4.69) is 49.2 Å². The zero-order valence-corrected chi connectivity index (χ0v) is 11.5. The van der Waals surface area contributed by atoms with Crippen molar-refractivity contribution in [3.05, 3.63) is 12.7 Å². The number of hydrogen-bond donors (Lipinski definition) is 1. The van der Waals surface area contributed by atoms with Crippen LogP contribution in [0.25, 0.3) is 0 Å². The Morgan fingerprint density at radius 3 is 2.19 bits per heavy atom. The molecule has 0 rings (SSSR count). The van der Waals surface area contributed by atoms with Crippen LogP contribution in [0.2, 0.25) is 0 Å². The fourth-order valence-electron chi connectivity index (χ4n) is 1.33. The molecule has 0 aromatic heterocycles. The molecule has 3 heteroatoms. The van der Waals surface area contributed by atoms with Crippen LogP contribution in [0.4, 0.5) is 0 Å². The van der Waals surface area contributed by atoms with Crippen molar-refractivity contribution < 1.29 is 4.58 Å². The van der Waals surface area contributed by atoms with E-state index >= 15 is 0 Å². The van der Waals surface area contributed by atoms with Crippen LogP contribution < -0.4 is 5.32 Å². The van der Waals surface area contributed by atoms with Crippen molar-refractivity contribution in [3.8, 4) is 0 Å². The highest BCUT2D eigenvalue weighted by Gasteiger charge is 2.16. The van der Waals surface area contributed by atoms with Gasteiger partial charge in [-0.15, -0.1) is 0 Å². The Labute approximate surface area is 100.0 Å². The van der Waals surface area contributed by atoms with Crippen molar-refractivity contribution in [2.75, 3.05) is 6.54 Å². The number of hydrogen-bond acceptors (Lipinski definition) is 0. The topological polar surface area (TPSA) is 27.4 Å². The van der Waals surface area contributed by atoms with E-state index in [9.17, 15) is 0 Å². The summed E-state index contributed by atoms with van der Waals surface area (Å²) in [6.07, 6.45) is 1.91. The van der Waals surface area contributed by atoms with Gasteiger partial charge in [0.25, 0.3) is 0 Å². The van der Waals surface area contributed by atoms with Gasteiger partial charge in [0.1, 0.15) is 0 Å². The monoisotopic (exact) mass is 224 g/mol. The summed E-state index contributed by atoms with van der Waals surface area (Å²) in [5, 5.41) is 3.38. The molecule has 0 aliphatic heterocycles. The van der Waals surface area contributed by atoms with Crippen LogP contribution >= 0.6 is 0 Å². The van der Waals surface area contributed by atoms with Crippen LogP contribution in [-0.4, -0.2) is 34.9 Å². The van der Waals surface area contributed by atoms with E-state index in [0.29, 0.717) is 12.1 Å². The van der Waals surface area contributed by atoms with E-state index in [1.54, 1.807) is 0 Å². The summed E-state index contributed by atoms with van der Waals surface area (Å²) in [7, 11) is 0. The van der Waals surface area contributed by atoms with Crippen molar-refractivity contribution in [2.45, 2.75) is 53.6 Å². The summed E-state index contributed by atoms with van der Waals surface area (Å²) in [4.78, 5) is 4.56. The van der Waals surface area contributed by atoms with Crippen LogP contribution in [0.3, 0.4) is 0 Å². The molecule has 0 unspecified atom stereocenters. The average molecular weight is 224 g/mol. The summed E-state index contributed by atoms with van der Waals surface area (Å²) in [6, 6.07) is 0.784. The maximum Gasteiger partial charge on any atom is 0.387 e. The van der Waals surface area contributed by atoms with E-state index in [0.717, 1.165) is 18.2 Å². The van der Waals surface area contributed by atoms with Crippen molar-refractivity contribution in [1.29, 1.82) is 0 Å². The van der Waals surface area contributed by atoms with Gasteiger partial charge in [-0.3, -0.25) is 9.89 Å². The first kappa shape index (κ1) is 14.9. The van der Waals surface area contributed by atoms with Crippen LogP contribution in [0.1, 0.15) is 41.5 Å². The minimum absolute atomic E-state index is 0.379. The molecule has 0 aliphatic rings. The minimum atomic E-state index is 0.379. The second-order valence-electron chi connectivity index (χ2n) is 4.72. The van der Waals surface area contributed by atoms with E-state index < -0.39 is 0 Å². The van der Waals surface area contributed by atoms with Gasteiger partial charge in [0.2, 0.25) is 0 Å². The lowest BCUT2D eigenvalue weighted by Crippen LogP contribution is -2.40. The van der Waals surface area contributed by atoms with Gasteiger partial charge in [0, 0.05) is 0 Å². The SMILES string of the molecule is C=CC[N+](=C(N=C(C)C)NC(C)C)C(C)C. The molecule has 0 bridgehead atoms. The first-order valence-corrected chi connectivity index (χ1v) is 5.91. The number of aliphatic imine (C=N–C) groups is 1. The lowest BCUT2D eigenvalue weighted by molar-refractivity contribution is -0.551. The molecule has 0 fully saturated rings. The number of nitrogens with zero attached hydrogens (tertiary/aromatic N) is 2. The Morgan fingerprint density at radius 2 is 1.88 bits per heavy atom. The quantitative estimate of drug-likeness (QED) is 0.338. The van der Waals surface area contributed by atoms with E-state index in [1.807, 2.05) is 19.9 Å². The Kier molecular flexibility index (Phi) is 6.70. The molecule has 0 aliphatic carbocycles. The van der Waals surface area contributed by atoms with Gasteiger partial charge in [0.05, 0.1) is 24.3 Å². The third kappa shape index (κ3) is 5.69. The molecule has 3 nitrogen and oxygen atoms in total. The molecule has 0 saturated heterocycles. The molecule has 0 amide bonds. The highest BCUT2D eigenvalue weighted by molar-refractivity contribution is 5.92. The summed E-state index contributed by atoms with van der Waals surface area (Å²) in [6.45, 7) is 17.2. The smallest absolute Gasteiger partial charge is 0.273 e. The molecule has 92 valence electrons. The van der Waals surface area contributed by atoms with Crippen LogP contribution in [0, 0.1) is 0 Å². The number of nitrogens with one attached hydrogen (secondary N) is 1. The van der Waals surface area contributed by atoms with Crippen LogP contribution in [0.5, 0.6) is 0 Å². The Hall–Kier alpha value is -1.12. The van der Waals surface area contributed by atoms with E-state index in [-0.39, 0.29) is 0 Å². The fraction of sp³-hybridized carbons (Fsp3) is 0.692.